The van der Waals surface area contributed by atoms with Crippen molar-refractivity contribution < 1.29 is 14.3 Å². The van der Waals surface area contributed by atoms with Gasteiger partial charge in [0.15, 0.2) is 4.67 Å². The summed E-state index contributed by atoms with van der Waals surface area (Å²) in [5, 5.41) is 9.38. The van der Waals surface area contributed by atoms with Crippen molar-refractivity contribution in [1.82, 2.24) is 4.90 Å². The maximum Gasteiger partial charge on any atom is 0.247 e. The summed E-state index contributed by atoms with van der Waals surface area (Å²) in [6.45, 7) is 0.752. The molecule has 1 fully saturated rings. The minimum absolute atomic E-state index is 0.0336. The number of nitrogens with zero attached hydrogens (tertiary/aromatic N) is 1. The molecule has 1 aliphatic rings. The minimum Gasteiger partial charge on any atom is -0.450 e. The summed E-state index contributed by atoms with van der Waals surface area (Å²) in [7, 11) is 0. The average molecular weight is 328 g/mol. The molecule has 0 radical (unpaired) electrons. The van der Waals surface area contributed by atoms with Crippen molar-refractivity contribution in [2.24, 2.45) is 0 Å². The quantitative estimate of drug-likeness (QED) is 0.868. The van der Waals surface area contributed by atoms with Crippen LogP contribution in [0.1, 0.15) is 31.4 Å². The molecule has 0 aromatic carbocycles. The second-order valence-corrected chi connectivity index (χ2v) is 5.47. The Kier molecular flexibility index (Phi) is 5.22. The molecular formula is C14H18BrNO3. The highest BCUT2D eigenvalue weighted by molar-refractivity contribution is 9.10. The Morgan fingerprint density at radius 3 is 3.00 bits per heavy atom. The van der Waals surface area contributed by atoms with Crippen LogP contribution in [0.4, 0.5) is 0 Å². The van der Waals surface area contributed by atoms with Crippen LogP contribution in [0.25, 0.3) is 6.08 Å². The number of amides is 1. The van der Waals surface area contributed by atoms with Crippen molar-refractivity contribution in [1.29, 1.82) is 0 Å². The Bertz CT molecular complexity index is 455. The van der Waals surface area contributed by atoms with E-state index in [0.717, 1.165) is 32.2 Å². The number of likely N-dealkylation sites (tertiary alicyclic amines) is 1. The Labute approximate surface area is 121 Å². The van der Waals surface area contributed by atoms with Gasteiger partial charge in [-0.25, -0.2) is 0 Å². The van der Waals surface area contributed by atoms with Crippen LogP contribution in [0.5, 0.6) is 0 Å². The van der Waals surface area contributed by atoms with Crippen LogP contribution in [0, 0.1) is 0 Å². The lowest BCUT2D eigenvalue weighted by Crippen LogP contribution is -2.41. The number of aliphatic hydroxyl groups is 1. The third-order valence-electron chi connectivity index (χ3n) is 3.36. The molecule has 1 saturated heterocycles. The lowest BCUT2D eigenvalue weighted by atomic mass is 10.1. The van der Waals surface area contributed by atoms with Gasteiger partial charge in [0.2, 0.25) is 5.91 Å². The minimum atomic E-state index is -0.0616. The third kappa shape index (κ3) is 3.94. The van der Waals surface area contributed by atoms with Crippen LogP contribution in [0.3, 0.4) is 0 Å². The van der Waals surface area contributed by atoms with E-state index < -0.39 is 0 Å². The first-order chi connectivity index (χ1) is 9.20. The molecule has 1 aromatic heterocycles. The Morgan fingerprint density at radius 1 is 1.47 bits per heavy atom. The monoisotopic (exact) mass is 327 g/mol. The van der Waals surface area contributed by atoms with Crippen LogP contribution in [0.15, 0.2) is 27.3 Å². The van der Waals surface area contributed by atoms with Crippen LogP contribution in [0.2, 0.25) is 0 Å². The van der Waals surface area contributed by atoms with Crippen molar-refractivity contribution >= 4 is 27.9 Å². The molecule has 19 heavy (non-hydrogen) atoms. The van der Waals surface area contributed by atoms with E-state index in [1.165, 1.54) is 6.08 Å². The zero-order valence-electron chi connectivity index (χ0n) is 10.7. The van der Waals surface area contributed by atoms with E-state index in [0.29, 0.717) is 10.4 Å². The second kappa shape index (κ2) is 6.91. The molecule has 1 N–H and O–H groups in total. The van der Waals surface area contributed by atoms with Gasteiger partial charge in [-0.3, -0.25) is 4.79 Å². The fourth-order valence-electron chi connectivity index (χ4n) is 2.32. The van der Waals surface area contributed by atoms with Crippen LogP contribution >= 0.6 is 15.9 Å². The lowest BCUT2D eigenvalue weighted by molar-refractivity contribution is -0.129. The number of aliphatic hydroxyl groups excluding tert-OH is 1. The van der Waals surface area contributed by atoms with Gasteiger partial charge in [0.1, 0.15) is 5.76 Å². The van der Waals surface area contributed by atoms with Crippen molar-refractivity contribution in [2.45, 2.75) is 31.7 Å². The molecule has 2 rings (SSSR count). The number of hydrogen-bond donors (Lipinski definition) is 1. The van der Waals surface area contributed by atoms with Crippen molar-refractivity contribution in [3.63, 3.8) is 0 Å². The molecular weight excluding hydrogens is 310 g/mol. The number of rotatable bonds is 3. The van der Waals surface area contributed by atoms with Gasteiger partial charge >= 0.3 is 0 Å². The van der Waals surface area contributed by atoms with Crippen molar-refractivity contribution in [2.75, 3.05) is 13.2 Å². The summed E-state index contributed by atoms with van der Waals surface area (Å²) in [6.07, 6.45) is 7.25. The molecule has 2 heterocycles. The van der Waals surface area contributed by atoms with Gasteiger partial charge in [-0.2, -0.15) is 0 Å². The SMILES string of the molecule is O=C(/C=C/c1ccc(Br)o1)N1CCCCCC1CO. The van der Waals surface area contributed by atoms with Crippen LogP contribution in [-0.4, -0.2) is 35.1 Å². The van der Waals surface area contributed by atoms with E-state index in [1.807, 2.05) is 0 Å². The van der Waals surface area contributed by atoms with E-state index in [-0.39, 0.29) is 18.6 Å². The van der Waals surface area contributed by atoms with Gasteiger partial charge in [0.05, 0.1) is 12.6 Å². The van der Waals surface area contributed by atoms with Gasteiger partial charge < -0.3 is 14.4 Å². The molecule has 0 saturated carbocycles. The highest BCUT2D eigenvalue weighted by Crippen LogP contribution is 2.18. The summed E-state index contributed by atoms with van der Waals surface area (Å²) in [5.41, 5.74) is 0. The van der Waals surface area contributed by atoms with Crippen molar-refractivity contribution in [3.05, 3.63) is 28.6 Å². The molecule has 1 aromatic rings. The molecule has 5 heteroatoms. The number of hydrogen-bond acceptors (Lipinski definition) is 3. The molecule has 1 atom stereocenters. The van der Waals surface area contributed by atoms with Gasteiger partial charge in [-0.1, -0.05) is 12.8 Å². The fraction of sp³-hybridized carbons (Fsp3) is 0.500. The average Bonchev–Trinajstić information content (AvgIpc) is 2.69. The lowest BCUT2D eigenvalue weighted by Gasteiger charge is -2.27. The highest BCUT2D eigenvalue weighted by atomic mass is 79.9. The maximum atomic E-state index is 12.2. The van der Waals surface area contributed by atoms with Gasteiger partial charge in [0.25, 0.3) is 0 Å². The summed E-state index contributed by atoms with van der Waals surface area (Å²) < 4.78 is 5.95. The van der Waals surface area contributed by atoms with Crippen LogP contribution < -0.4 is 0 Å². The first kappa shape index (κ1) is 14.3. The van der Waals surface area contributed by atoms with E-state index in [9.17, 15) is 9.90 Å². The highest BCUT2D eigenvalue weighted by Gasteiger charge is 2.23. The van der Waals surface area contributed by atoms with Gasteiger partial charge in [0, 0.05) is 12.6 Å². The standard InChI is InChI=1S/C14H18BrNO3/c15-13-7-5-12(19-13)6-8-14(18)16-9-3-1-2-4-11(16)10-17/h5-8,11,17H,1-4,9-10H2/b8-6+. The molecule has 1 amide bonds. The molecule has 0 spiro atoms. The Hall–Kier alpha value is -1.07. The summed E-state index contributed by atoms with van der Waals surface area (Å²) in [4.78, 5) is 13.9. The van der Waals surface area contributed by atoms with Gasteiger partial charge in [-0.05, 0) is 47.0 Å². The van der Waals surface area contributed by atoms with Gasteiger partial charge in [-0.15, -0.1) is 0 Å². The number of carbonyl (C=O) groups excluding carboxylic acids is 1. The Balaban J connectivity index is 2.02. The predicted octanol–water partition coefficient (Wildman–Crippen LogP) is 2.82. The smallest absolute Gasteiger partial charge is 0.247 e. The van der Waals surface area contributed by atoms with E-state index in [1.54, 1.807) is 23.1 Å². The third-order valence-corrected chi connectivity index (χ3v) is 3.78. The topological polar surface area (TPSA) is 53.7 Å². The zero-order valence-corrected chi connectivity index (χ0v) is 12.3. The fourth-order valence-corrected chi connectivity index (χ4v) is 2.64. The van der Waals surface area contributed by atoms with E-state index >= 15 is 0 Å². The first-order valence-corrected chi connectivity index (χ1v) is 7.35. The second-order valence-electron chi connectivity index (χ2n) is 4.69. The summed E-state index contributed by atoms with van der Waals surface area (Å²) >= 11 is 3.22. The van der Waals surface area contributed by atoms with E-state index in [4.69, 9.17) is 4.42 Å². The normalized spacial score (nSPS) is 20.7. The number of furan rings is 1. The molecule has 0 bridgehead atoms. The first-order valence-electron chi connectivity index (χ1n) is 6.55. The molecule has 1 unspecified atom stereocenters. The number of carbonyl (C=O) groups is 1. The zero-order chi connectivity index (χ0) is 13.7. The molecule has 104 valence electrons. The Morgan fingerprint density at radius 2 is 2.32 bits per heavy atom. The molecule has 0 aliphatic carbocycles. The molecule has 4 nitrogen and oxygen atoms in total. The van der Waals surface area contributed by atoms with Crippen LogP contribution in [-0.2, 0) is 4.79 Å². The maximum absolute atomic E-state index is 12.2. The summed E-state index contributed by atoms with van der Waals surface area (Å²) in [5.74, 6) is 0.573. The van der Waals surface area contributed by atoms with E-state index in [2.05, 4.69) is 15.9 Å². The molecule has 1 aliphatic heterocycles. The predicted molar refractivity (Wildman–Crippen MR) is 76.5 cm³/mol. The van der Waals surface area contributed by atoms with Crippen molar-refractivity contribution in [3.8, 4) is 0 Å². The largest absolute Gasteiger partial charge is 0.450 e. The number of halogens is 1. The summed E-state index contributed by atoms with van der Waals surface area (Å²) in [6, 6.07) is 3.52.